The first-order valence-corrected chi connectivity index (χ1v) is 21.0. The predicted octanol–water partition coefficient (Wildman–Crippen LogP) is 5.35. The molecule has 0 saturated heterocycles. The highest BCUT2D eigenvalue weighted by atomic mass is 19.1. The summed E-state index contributed by atoms with van der Waals surface area (Å²) < 4.78 is 29.7. The van der Waals surface area contributed by atoms with Gasteiger partial charge in [0.2, 0.25) is 11.8 Å². The Morgan fingerprint density at radius 3 is 2.32 bits per heavy atom. The van der Waals surface area contributed by atoms with Gasteiger partial charge in [-0.2, -0.15) is 0 Å². The second-order valence-corrected chi connectivity index (χ2v) is 15.1. The van der Waals surface area contributed by atoms with Crippen LogP contribution in [-0.2, 0) is 28.6 Å². The van der Waals surface area contributed by atoms with Crippen molar-refractivity contribution in [1.82, 2.24) is 25.8 Å². The summed E-state index contributed by atoms with van der Waals surface area (Å²) in [6.45, 7) is 9.07. The minimum atomic E-state index is -0.456. The molecule has 2 aliphatic rings. The lowest BCUT2D eigenvalue weighted by Crippen LogP contribution is -2.38. The molecule has 4 aromatic rings. The number of methoxy groups -OCH3 is 1. The number of rotatable bonds is 22. The normalized spacial score (nSPS) is 14.2. The molecular formula is C47H55FN6O8. The van der Waals surface area contributed by atoms with Crippen LogP contribution in [0.5, 0.6) is 0 Å². The van der Waals surface area contributed by atoms with Gasteiger partial charge in [-0.25, -0.2) is 4.39 Å². The van der Waals surface area contributed by atoms with Crippen molar-refractivity contribution < 1.29 is 42.6 Å². The van der Waals surface area contributed by atoms with Gasteiger partial charge in [0.1, 0.15) is 5.82 Å². The molecule has 2 heterocycles. The minimum absolute atomic E-state index is 0.0448. The van der Waals surface area contributed by atoms with Crippen LogP contribution in [0.25, 0.3) is 22.8 Å². The first kappa shape index (κ1) is 45.4. The second-order valence-electron chi connectivity index (χ2n) is 15.1. The SMILES string of the molecule is CCN(CCNC(=O)c1c(C)[nH]c(/C=C2\C(=O)Nc3ccc(F)cc32)c1C)C(=O)CCC1c2ccccc2-c2ccc(C(=O)NCCNC(=O)CCOCCOCCOC)cc21. The zero-order chi connectivity index (χ0) is 44.2. The van der Waals surface area contributed by atoms with E-state index in [0.717, 1.165) is 22.3 Å². The fourth-order valence-corrected chi connectivity index (χ4v) is 7.94. The summed E-state index contributed by atoms with van der Waals surface area (Å²) in [5.41, 5.74) is 8.23. The molecule has 1 atom stereocenters. The van der Waals surface area contributed by atoms with E-state index in [1.807, 2.05) is 31.2 Å². The third-order valence-corrected chi connectivity index (χ3v) is 11.1. The fourth-order valence-electron chi connectivity index (χ4n) is 7.94. The Hall–Kier alpha value is -6.16. The molecule has 0 saturated carbocycles. The van der Waals surface area contributed by atoms with Crippen molar-refractivity contribution in [3.8, 4) is 11.1 Å². The molecule has 0 fully saturated rings. The maximum Gasteiger partial charge on any atom is 0.256 e. The first-order valence-electron chi connectivity index (χ1n) is 21.0. The number of ether oxygens (including phenoxy) is 3. The van der Waals surface area contributed by atoms with Crippen molar-refractivity contribution in [2.24, 2.45) is 0 Å². The Bertz CT molecular complexity index is 2320. The fraction of sp³-hybridized carbons (Fsp3) is 0.383. The number of nitrogens with one attached hydrogen (secondary N) is 5. The van der Waals surface area contributed by atoms with E-state index in [9.17, 15) is 28.4 Å². The molecule has 15 heteroatoms. The number of amides is 5. The summed E-state index contributed by atoms with van der Waals surface area (Å²) in [4.78, 5) is 70.1. The van der Waals surface area contributed by atoms with Gasteiger partial charge < -0.3 is 45.4 Å². The van der Waals surface area contributed by atoms with Crippen molar-refractivity contribution in [3.63, 3.8) is 0 Å². The molecule has 1 unspecified atom stereocenters. The summed E-state index contributed by atoms with van der Waals surface area (Å²) in [7, 11) is 1.61. The summed E-state index contributed by atoms with van der Waals surface area (Å²) in [5.74, 6) is -1.69. The maximum absolute atomic E-state index is 14.0. The van der Waals surface area contributed by atoms with Crippen molar-refractivity contribution in [2.45, 2.75) is 46.0 Å². The maximum atomic E-state index is 14.0. The molecule has 1 aliphatic carbocycles. The third-order valence-electron chi connectivity index (χ3n) is 11.1. The van der Waals surface area contributed by atoms with Crippen LogP contribution in [0.2, 0.25) is 0 Å². The molecule has 5 N–H and O–H groups in total. The van der Waals surface area contributed by atoms with Crippen LogP contribution in [0.1, 0.15) is 86.5 Å². The van der Waals surface area contributed by atoms with E-state index in [-0.39, 0.29) is 74.5 Å². The Morgan fingerprint density at radius 1 is 0.806 bits per heavy atom. The van der Waals surface area contributed by atoms with E-state index >= 15 is 0 Å². The van der Waals surface area contributed by atoms with E-state index in [1.165, 1.54) is 18.2 Å². The van der Waals surface area contributed by atoms with Crippen LogP contribution in [0.4, 0.5) is 10.1 Å². The molecule has 14 nitrogen and oxygen atoms in total. The molecule has 1 aromatic heterocycles. The summed E-state index contributed by atoms with van der Waals surface area (Å²) in [5, 5.41) is 11.4. The average Bonchev–Trinajstić information content (AvgIpc) is 3.86. The zero-order valence-corrected chi connectivity index (χ0v) is 35.7. The number of likely N-dealkylation sites (N-methyl/N-ethyl adjacent to an activating group) is 1. The van der Waals surface area contributed by atoms with Gasteiger partial charge in [0.05, 0.1) is 44.2 Å². The lowest BCUT2D eigenvalue weighted by molar-refractivity contribution is -0.131. The Labute approximate surface area is 361 Å². The highest BCUT2D eigenvalue weighted by Gasteiger charge is 2.31. The Balaban J connectivity index is 0.988. The number of anilines is 1. The molecule has 5 amide bonds. The van der Waals surface area contributed by atoms with Crippen molar-refractivity contribution >= 4 is 46.9 Å². The second kappa shape index (κ2) is 21.6. The number of fused-ring (bicyclic) bond motifs is 4. The first-order chi connectivity index (χ1) is 30.0. The molecule has 0 spiro atoms. The Kier molecular flexibility index (Phi) is 15.8. The van der Waals surface area contributed by atoms with Crippen LogP contribution in [-0.4, -0.2) is 112 Å². The Morgan fingerprint density at radius 2 is 1.53 bits per heavy atom. The van der Waals surface area contributed by atoms with Crippen LogP contribution >= 0.6 is 0 Å². The van der Waals surface area contributed by atoms with Crippen LogP contribution in [0.15, 0.2) is 60.7 Å². The van der Waals surface area contributed by atoms with E-state index in [2.05, 4.69) is 38.4 Å². The average molecular weight is 851 g/mol. The molecular weight excluding hydrogens is 796 g/mol. The molecule has 3 aromatic carbocycles. The summed E-state index contributed by atoms with van der Waals surface area (Å²) in [6.07, 6.45) is 2.62. The number of aryl methyl sites for hydroxylation is 1. The number of nitrogens with zero attached hydrogens (tertiary/aromatic N) is 1. The van der Waals surface area contributed by atoms with Gasteiger partial charge in [-0.3, -0.25) is 24.0 Å². The number of carbonyl (C=O) groups is 5. The number of aromatic amines is 1. The third kappa shape index (κ3) is 11.0. The highest BCUT2D eigenvalue weighted by Crippen LogP contribution is 2.47. The van der Waals surface area contributed by atoms with E-state index in [4.69, 9.17) is 14.2 Å². The number of carbonyl (C=O) groups excluding carboxylic acids is 5. The van der Waals surface area contributed by atoms with Gasteiger partial charge in [-0.05, 0) is 91.4 Å². The monoisotopic (exact) mass is 850 g/mol. The number of hydrogen-bond donors (Lipinski definition) is 5. The van der Waals surface area contributed by atoms with Gasteiger partial charge in [-0.1, -0.05) is 30.3 Å². The quantitative estimate of drug-likeness (QED) is 0.0519. The van der Waals surface area contributed by atoms with Crippen LogP contribution in [0, 0.1) is 19.7 Å². The molecule has 328 valence electrons. The predicted molar refractivity (Wildman–Crippen MR) is 234 cm³/mol. The number of aromatic nitrogens is 1. The minimum Gasteiger partial charge on any atom is -0.382 e. The highest BCUT2D eigenvalue weighted by molar-refractivity contribution is 6.35. The van der Waals surface area contributed by atoms with E-state index < -0.39 is 5.82 Å². The van der Waals surface area contributed by atoms with Gasteiger partial charge in [0.15, 0.2) is 0 Å². The molecule has 0 radical (unpaired) electrons. The molecule has 1 aliphatic heterocycles. The smallest absolute Gasteiger partial charge is 0.256 e. The van der Waals surface area contributed by atoms with Crippen molar-refractivity contribution in [2.75, 3.05) is 78.2 Å². The number of benzene rings is 3. The largest absolute Gasteiger partial charge is 0.382 e. The van der Waals surface area contributed by atoms with Gasteiger partial charge >= 0.3 is 0 Å². The number of hydrogen-bond acceptors (Lipinski definition) is 8. The van der Waals surface area contributed by atoms with Gasteiger partial charge in [-0.15, -0.1) is 0 Å². The van der Waals surface area contributed by atoms with E-state index in [0.29, 0.717) is 90.8 Å². The summed E-state index contributed by atoms with van der Waals surface area (Å²) >= 11 is 0. The number of halogens is 1. The zero-order valence-electron chi connectivity index (χ0n) is 35.7. The topological polar surface area (TPSA) is 180 Å². The summed E-state index contributed by atoms with van der Waals surface area (Å²) in [6, 6.07) is 17.8. The van der Waals surface area contributed by atoms with Crippen LogP contribution < -0.4 is 21.3 Å². The van der Waals surface area contributed by atoms with E-state index in [1.54, 1.807) is 38.0 Å². The van der Waals surface area contributed by atoms with Crippen molar-refractivity contribution in [1.29, 1.82) is 0 Å². The van der Waals surface area contributed by atoms with Crippen LogP contribution in [0.3, 0.4) is 0 Å². The molecule has 62 heavy (non-hydrogen) atoms. The lowest BCUT2D eigenvalue weighted by Gasteiger charge is -2.22. The lowest BCUT2D eigenvalue weighted by atomic mass is 9.91. The standard InChI is InChI=1S/C47H55FN6O8/c1-5-54(20-19-51-47(59)44-29(2)41(52-30(44)3)28-39-38-27-32(48)11-14-40(38)53-46(39)58)43(56)15-13-36-34-9-7-6-8-33(34)35-12-10-31(26-37(35)36)45(57)50-18-17-49-42(55)16-21-61-24-25-62-23-22-60-4/h6-12,14,26-28,36,52H,5,13,15-25H2,1-4H3,(H,49,55)(H,50,57)(H,51,59)(H,53,58)/b39-28-. The van der Waals surface area contributed by atoms with Gasteiger partial charge in [0.25, 0.3) is 17.7 Å². The van der Waals surface area contributed by atoms with Gasteiger partial charge in [0, 0.05) is 86.8 Å². The molecule has 6 rings (SSSR count). The van der Waals surface area contributed by atoms with Crippen molar-refractivity contribution in [3.05, 3.63) is 111 Å². The number of H-pyrrole nitrogens is 1. The molecule has 0 bridgehead atoms.